The molecule has 0 spiro atoms. The van der Waals surface area contributed by atoms with Crippen LogP contribution in [0.3, 0.4) is 0 Å². The highest BCUT2D eigenvalue weighted by Crippen LogP contribution is 2.21. The first-order chi connectivity index (χ1) is 12.9. The minimum atomic E-state index is -0.212. The third-order valence-electron chi connectivity index (χ3n) is 4.50. The fourth-order valence-electron chi connectivity index (χ4n) is 3.06. The number of aliphatic imine (C=N–C) groups is 1. The van der Waals surface area contributed by atoms with Crippen molar-refractivity contribution in [2.24, 2.45) is 4.99 Å². The topological polar surface area (TPSA) is 60.9 Å². The Hall–Kier alpha value is -1.70. The number of guanidine groups is 1. The quantitative estimate of drug-likeness (QED) is 0.383. The number of rotatable bonds is 7. The molecule has 7 heteroatoms. The molecule has 1 unspecified atom stereocenters. The van der Waals surface area contributed by atoms with Gasteiger partial charge < -0.3 is 20.7 Å². The van der Waals surface area contributed by atoms with Crippen LogP contribution in [0, 0.1) is 5.82 Å². The molecule has 1 aliphatic heterocycles. The number of hydrogen-bond acceptors (Lipinski definition) is 4. The Morgan fingerprint density at radius 2 is 1.81 bits per heavy atom. The van der Waals surface area contributed by atoms with Gasteiger partial charge in [-0.2, -0.15) is 0 Å². The van der Waals surface area contributed by atoms with E-state index in [9.17, 15) is 4.39 Å². The van der Waals surface area contributed by atoms with Gasteiger partial charge in [-0.25, -0.2) is 4.39 Å². The molecular formula is C20H34FN5O. The minimum Gasteiger partial charge on any atom is -0.379 e. The third kappa shape index (κ3) is 7.82. The van der Waals surface area contributed by atoms with Crippen LogP contribution in [0.2, 0.25) is 0 Å². The molecule has 1 fully saturated rings. The van der Waals surface area contributed by atoms with Crippen molar-refractivity contribution in [1.29, 1.82) is 0 Å². The predicted octanol–water partition coefficient (Wildman–Crippen LogP) is 1.75. The molecule has 0 amide bonds. The van der Waals surface area contributed by atoms with Gasteiger partial charge in [-0.05, 0) is 38.5 Å². The molecule has 1 heterocycles. The molecule has 0 saturated carbocycles. The fraction of sp³-hybridized carbons (Fsp3) is 0.650. The molecule has 152 valence electrons. The Labute approximate surface area is 162 Å². The van der Waals surface area contributed by atoms with Crippen molar-refractivity contribution in [2.45, 2.75) is 32.4 Å². The van der Waals surface area contributed by atoms with Gasteiger partial charge in [-0.15, -0.1) is 0 Å². The molecule has 1 aromatic rings. The van der Waals surface area contributed by atoms with Gasteiger partial charge in [0.05, 0.1) is 19.3 Å². The lowest BCUT2D eigenvalue weighted by atomic mass is 10.0. The van der Waals surface area contributed by atoms with E-state index in [1.54, 1.807) is 7.05 Å². The summed E-state index contributed by atoms with van der Waals surface area (Å²) in [4.78, 5) is 6.68. The van der Waals surface area contributed by atoms with E-state index in [4.69, 9.17) is 4.74 Å². The summed E-state index contributed by atoms with van der Waals surface area (Å²) >= 11 is 0. The maximum absolute atomic E-state index is 13.3. The number of ether oxygens (including phenoxy) is 1. The molecule has 0 aromatic heterocycles. The minimum absolute atomic E-state index is 0.0998. The first kappa shape index (κ1) is 21.6. The van der Waals surface area contributed by atoms with Gasteiger partial charge in [0, 0.05) is 45.3 Å². The standard InChI is InChI=1S/C20H34FN5O/c1-20(2,3)25-10-9-23-19(22-4)24-15-18(26-11-13-27-14-12-26)16-5-7-17(21)8-6-16/h5-8,18,25H,9-15H2,1-4H3,(H2,22,23,24). The van der Waals surface area contributed by atoms with Crippen LogP contribution in [-0.4, -0.2) is 69.4 Å². The Bertz CT molecular complexity index is 579. The number of hydrogen-bond donors (Lipinski definition) is 3. The zero-order valence-corrected chi connectivity index (χ0v) is 17.0. The van der Waals surface area contributed by atoms with Crippen LogP contribution >= 0.6 is 0 Å². The summed E-state index contributed by atoms with van der Waals surface area (Å²) < 4.78 is 18.8. The molecule has 0 radical (unpaired) electrons. The van der Waals surface area contributed by atoms with Crippen molar-refractivity contribution in [1.82, 2.24) is 20.9 Å². The lowest BCUT2D eigenvalue weighted by Crippen LogP contribution is -2.48. The van der Waals surface area contributed by atoms with Gasteiger partial charge in [-0.3, -0.25) is 9.89 Å². The van der Waals surface area contributed by atoms with Gasteiger partial charge >= 0.3 is 0 Å². The van der Waals surface area contributed by atoms with Gasteiger partial charge in [0.1, 0.15) is 5.82 Å². The Morgan fingerprint density at radius 1 is 1.15 bits per heavy atom. The van der Waals surface area contributed by atoms with Gasteiger partial charge in [-0.1, -0.05) is 12.1 Å². The predicted molar refractivity (Wildman–Crippen MR) is 109 cm³/mol. The van der Waals surface area contributed by atoms with Crippen LogP contribution in [-0.2, 0) is 4.74 Å². The fourth-order valence-corrected chi connectivity index (χ4v) is 3.06. The van der Waals surface area contributed by atoms with Crippen LogP contribution in [0.4, 0.5) is 4.39 Å². The zero-order chi connectivity index (χ0) is 19.7. The van der Waals surface area contributed by atoms with Gasteiger partial charge in [0.25, 0.3) is 0 Å². The highest BCUT2D eigenvalue weighted by Gasteiger charge is 2.23. The Balaban J connectivity index is 1.92. The molecule has 1 atom stereocenters. The van der Waals surface area contributed by atoms with Gasteiger partial charge in [0.2, 0.25) is 0 Å². The van der Waals surface area contributed by atoms with Crippen molar-refractivity contribution in [3.8, 4) is 0 Å². The lowest BCUT2D eigenvalue weighted by Gasteiger charge is -2.35. The molecular weight excluding hydrogens is 345 g/mol. The van der Waals surface area contributed by atoms with Crippen molar-refractivity contribution in [2.75, 3.05) is 53.0 Å². The Morgan fingerprint density at radius 3 is 2.41 bits per heavy atom. The summed E-state index contributed by atoms with van der Waals surface area (Å²) in [7, 11) is 1.77. The second kappa shape index (κ2) is 10.6. The molecule has 2 rings (SSSR count). The molecule has 3 N–H and O–H groups in total. The Kier molecular flexibility index (Phi) is 8.47. The second-order valence-corrected chi connectivity index (χ2v) is 7.77. The summed E-state index contributed by atoms with van der Waals surface area (Å²) in [5.74, 6) is 0.558. The maximum Gasteiger partial charge on any atom is 0.191 e. The van der Waals surface area contributed by atoms with E-state index in [1.807, 2.05) is 12.1 Å². The molecule has 27 heavy (non-hydrogen) atoms. The summed E-state index contributed by atoms with van der Waals surface area (Å²) in [6, 6.07) is 6.91. The largest absolute Gasteiger partial charge is 0.379 e. The van der Waals surface area contributed by atoms with E-state index in [-0.39, 0.29) is 17.4 Å². The average Bonchev–Trinajstić information content (AvgIpc) is 2.65. The van der Waals surface area contributed by atoms with Crippen LogP contribution < -0.4 is 16.0 Å². The molecule has 0 aliphatic carbocycles. The zero-order valence-electron chi connectivity index (χ0n) is 17.0. The number of benzene rings is 1. The number of nitrogens with one attached hydrogen (secondary N) is 3. The van der Waals surface area contributed by atoms with Crippen molar-refractivity contribution in [3.05, 3.63) is 35.6 Å². The number of halogens is 1. The van der Waals surface area contributed by atoms with E-state index in [0.717, 1.165) is 50.9 Å². The summed E-state index contributed by atoms with van der Waals surface area (Å²) in [5, 5.41) is 10.2. The van der Waals surface area contributed by atoms with E-state index in [0.29, 0.717) is 6.54 Å². The molecule has 1 aliphatic rings. The third-order valence-corrected chi connectivity index (χ3v) is 4.50. The first-order valence-corrected chi connectivity index (χ1v) is 9.66. The van der Waals surface area contributed by atoms with E-state index >= 15 is 0 Å². The van der Waals surface area contributed by atoms with Crippen LogP contribution in [0.25, 0.3) is 0 Å². The number of nitrogens with zero attached hydrogens (tertiary/aromatic N) is 2. The van der Waals surface area contributed by atoms with Crippen molar-refractivity contribution < 1.29 is 9.13 Å². The molecule has 6 nitrogen and oxygen atoms in total. The number of morpholine rings is 1. The van der Waals surface area contributed by atoms with E-state index < -0.39 is 0 Å². The maximum atomic E-state index is 13.3. The highest BCUT2D eigenvalue weighted by atomic mass is 19.1. The average molecular weight is 380 g/mol. The van der Waals surface area contributed by atoms with Crippen molar-refractivity contribution >= 4 is 5.96 Å². The second-order valence-electron chi connectivity index (χ2n) is 7.77. The molecule has 1 aromatic carbocycles. The van der Waals surface area contributed by atoms with E-state index in [2.05, 4.69) is 46.6 Å². The van der Waals surface area contributed by atoms with Crippen LogP contribution in [0.5, 0.6) is 0 Å². The summed E-state index contributed by atoms with van der Waals surface area (Å²) in [6.45, 7) is 12.0. The normalized spacial score (nSPS) is 17.6. The van der Waals surface area contributed by atoms with Crippen LogP contribution in [0.15, 0.2) is 29.3 Å². The first-order valence-electron chi connectivity index (χ1n) is 9.66. The van der Waals surface area contributed by atoms with Crippen LogP contribution in [0.1, 0.15) is 32.4 Å². The SMILES string of the molecule is CN=C(NCCNC(C)(C)C)NCC(c1ccc(F)cc1)N1CCOCC1. The summed E-state index contributed by atoms with van der Waals surface area (Å²) in [5.41, 5.74) is 1.19. The molecule has 0 bridgehead atoms. The van der Waals surface area contributed by atoms with Gasteiger partial charge in [0.15, 0.2) is 5.96 Å². The lowest BCUT2D eigenvalue weighted by molar-refractivity contribution is 0.0170. The monoisotopic (exact) mass is 379 g/mol. The molecule has 1 saturated heterocycles. The van der Waals surface area contributed by atoms with Crippen molar-refractivity contribution in [3.63, 3.8) is 0 Å². The summed E-state index contributed by atoms with van der Waals surface area (Å²) in [6.07, 6.45) is 0. The highest BCUT2D eigenvalue weighted by molar-refractivity contribution is 5.79. The van der Waals surface area contributed by atoms with E-state index in [1.165, 1.54) is 12.1 Å². The smallest absolute Gasteiger partial charge is 0.191 e.